The van der Waals surface area contributed by atoms with Crippen molar-refractivity contribution >= 4 is 23.3 Å². The van der Waals surface area contributed by atoms with E-state index in [1.54, 1.807) is 17.7 Å². The highest BCUT2D eigenvalue weighted by Gasteiger charge is 2.18. The molecule has 0 bridgehead atoms. The Bertz CT molecular complexity index is 859. The SMILES string of the molecule is Cc1nsnc1Cn1nnc(C(=O)Nc2cccc(F)c2)c1C. The Morgan fingerprint density at radius 2 is 2.17 bits per heavy atom. The van der Waals surface area contributed by atoms with E-state index in [0.29, 0.717) is 17.9 Å². The maximum atomic E-state index is 13.2. The fourth-order valence-electron chi connectivity index (χ4n) is 2.01. The molecule has 2 aromatic heterocycles. The van der Waals surface area contributed by atoms with E-state index in [-0.39, 0.29) is 5.69 Å². The minimum absolute atomic E-state index is 0.190. The average molecular weight is 332 g/mol. The third-order valence-electron chi connectivity index (χ3n) is 3.33. The van der Waals surface area contributed by atoms with Gasteiger partial charge in [0.25, 0.3) is 5.91 Å². The summed E-state index contributed by atoms with van der Waals surface area (Å²) in [5, 5.41) is 10.5. The lowest BCUT2D eigenvalue weighted by Gasteiger charge is -2.04. The van der Waals surface area contributed by atoms with Gasteiger partial charge in [-0.25, -0.2) is 9.07 Å². The lowest BCUT2D eigenvalue weighted by Crippen LogP contribution is -2.14. The summed E-state index contributed by atoms with van der Waals surface area (Å²) >= 11 is 1.13. The Hall–Kier alpha value is -2.68. The number of amides is 1. The minimum Gasteiger partial charge on any atom is -0.320 e. The Balaban J connectivity index is 1.78. The van der Waals surface area contributed by atoms with Crippen molar-refractivity contribution in [3.05, 3.63) is 52.9 Å². The first-order valence-corrected chi connectivity index (χ1v) is 7.52. The Morgan fingerprint density at radius 1 is 1.35 bits per heavy atom. The number of hydrogen-bond donors (Lipinski definition) is 1. The number of aromatic nitrogens is 5. The van der Waals surface area contributed by atoms with E-state index < -0.39 is 11.7 Å². The van der Waals surface area contributed by atoms with Crippen molar-refractivity contribution in [2.45, 2.75) is 20.4 Å². The number of hydrogen-bond acceptors (Lipinski definition) is 6. The minimum atomic E-state index is -0.438. The van der Waals surface area contributed by atoms with E-state index in [4.69, 9.17) is 0 Å². The van der Waals surface area contributed by atoms with Crippen molar-refractivity contribution in [3.8, 4) is 0 Å². The first-order chi connectivity index (χ1) is 11.0. The quantitative estimate of drug-likeness (QED) is 0.791. The van der Waals surface area contributed by atoms with Gasteiger partial charge in [-0.15, -0.1) is 5.10 Å². The number of aryl methyl sites for hydroxylation is 1. The molecule has 0 atom stereocenters. The monoisotopic (exact) mass is 332 g/mol. The van der Waals surface area contributed by atoms with Gasteiger partial charge < -0.3 is 5.32 Å². The normalized spacial score (nSPS) is 10.7. The molecule has 3 rings (SSSR count). The molecule has 0 radical (unpaired) electrons. The molecular weight excluding hydrogens is 319 g/mol. The van der Waals surface area contributed by atoms with E-state index in [0.717, 1.165) is 23.1 Å². The summed E-state index contributed by atoms with van der Waals surface area (Å²) in [7, 11) is 0. The van der Waals surface area contributed by atoms with E-state index in [1.807, 2.05) is 6.92 Å². The van der Waals surface area contributed by atoms with Gasteiger partial charge >= 0.3 is 0 Å². The molecule has 0 fully saturated rings. The van der Waals surface area contributed by atoms with Crippen molar-refractivity contribution in [1.29, 1.82) is 0 Å². The smallest absolute Gasteiger partial charge is 0.278 e. The number of nitrogens with zero attached hydrogens (tertiary/aromatic N) is 5. The molecule has 0 aliphatic carbocycles. The number of halogens is 1. The van der Waals surface area contributed by atoms with Gasteiger partial charge in [-0.3, -0.25) is 4.79 Å². The molecule has 0 spiro atoms. The number of carbonyl (C=O) groups is 1. The van der Waals surface area contributed by atoms with Gasteiger partial charge in [0, 0.05) is 5.69 Å². The van der Waals surface area contributed by atoms with Crippen molar-refractivity contribution in [3.63, 3.8) is 0 Å². The van der Waals surface area contributed by atoms with Gasteiger partial charge in [0.05, 0.1) is 35.4 Å². The largest absolute Gasteiger partial charge is 0.320 e. The molecule has 0 unspecified atom stereocenters. The number of benzene rings is 1. The highest BCUT2D eigenvalue weighted by atomic mass is 32.1. The summed E-state index contributed by atoms with van der Waals surface area (Å²) in [6.45, 7) is 4.01. The van der Waals surface area contributed by atoms with E-state index >= 15 is 0 Å². The Kier molecular flexibility index (Phi) is 4.11. The van der Waals surface area contributed by atoms with Gasteiger partial charge in [0.15, 0.2) is 5.69 Å². The second-order valence-electron chi connectivity index (χ2n) is 4.94. The molecule has 1 N–H and O–H groups in total. The standard InChI is InChI=1S/C14H13FN6OS/c1-8-12(19-23-18-8)7-21-9(2)13(17-20-21)14(22)16-11-5-3-4-10(15)6-11/h3-6H,7H2,1-2H3,(H,16,22). The number of anilines is 1. The lowest BCUT2D eigenvalue weighted by atomic mass is 10.2. The van der Waals surface area contributed by atoms with Crippen LogP contribution in [0.5, 0.6) is 0 Å². The summed E-state index contributed by atoms with van der Waals surface area (Å²) < 4.78 is 23.0. The zero-order chi connectivity index (χ0) is 16.4. The molecule has 3 aromatic rings. The van der Waals surface area contributed by atoms with Crippen LogP contribution in [0.2, 0.25) is 0 Å². The molecule has 118 valence electrons. The van der Waals surface area contributed by atoms with Crippen molar-refractivity contribution in [2.75, 3.05) is 5.32 Å². The van der Waals surface area contributed by atoms with Crippen molar-refractivity contribution in [1.82, 2.24) is 23.7 Å². The van der Waals surface area contributed by atoms with Crippen LogP contribution >= 0.6 is 11.7 Å². The molecule has 0 saturated heterocycles. The maximum Gasteiger partial charge on any atom is 0.278 e. The fraction of sp³-hybridized carbons (Fsp3) is 0.214. The van der Waals surface area contributed by atoms with Gasteiger partial charge in [0.1, 0.15) is 5.82 Å². The van der Waals surface area contributed by atoms with Crippen molar-refractivity contribution in [2.24, 2.45) is 0 Å². The molecule has 0 aliphatic heterocycles. The summed E-state index contributed by atoms with van der Waals surface area (Å²) in [5.41, 5.74) is 2.78. The zero-order valence-corrected chi connectivity index (χ0v) is 13.3. The number of carbonyl (C=O) groups excluding carboxylic acids is 1. The van der Waals surface area contributed by atoms with Crippen molar-refractivity contribution < 1.29 is 9.18 Å². The van der Waals surface area contributed by atoms with E-state index in [9.17, 15) is 9.18 Å². The van der Waals surface area contributed by atoms with Crippen LogP contribution < -0.4 is 5.32 Å². The first kappa shape index (κ1) is 15.2. The predicted octanol–water partition coefficient (Wildman–Crippen LogP) is 2.19. The van der Waals surface area contributed by atoms with Crippen LogP contribution in [0.4, 0.5) is 10.1 Å². The second-order valence-corrected chi connectivity index (χ2v) is 5.47. The second kappa shape index (κ2) is 6.21. The Labute approximate surface area is 135 Å². The number of nitrogens with one attached hydrogen (secondary N) is 1. The van der Waals surface area contributed by atoms with Crippen LogP contribution in [0.15, 0.2) is 24.3 Å². The highest BCUT2D eigenvalue weighted by Crippen LogP contribution is 2.13. The summed E-state index contributed by atoms with van der Waals surface area (Å²) in [6.07, 6.45) is 0. The summed E-state index contributed by atoms with van der Waals surface area (Å²) in [4.78, 5) is 12.3. The van der Waals surface area contributed by atoms with E-state index in [1.165, 1.54) is 18.2 Å². The maximum absolute atomic E-state index is 13.2. The Morgan fingerprint density at radius 3 is 2.87 bits per heavy atom. The van der Waals surface area contributed by atoms with Gasteiger partial charge in [-0.2, -0.15) is 8.75 Å². The molecule has 1 aromatic carbocycles. The molecule has 1 amide bonds. The topological polar surface area (TPSA) is 85.6 Å². The number of rotatable bonds is 4. The van der Waals surface area contributed by atoms with Gasteiger partial charge in [-0.1, -0.05) is 11.3 Å². The molecule has 7 nitrogen and oxygen atoms in total. The molecule has 0 saturated carbocycles. The summed E-state index contributed by atoms with van der Waals surface area (Å²) in [5.74, 6) is -0.859. The highest BCUT2D eigenvalue weighted by molar-refractivity contribution is 6.99. The molecule has 9 heteroatoms. The van der Waals surface area contributed by atoms with Crippen LogP contribution in [-0.4, -0.2) is 29.6 Å². The molecular formula is C14H13FN6OS. The fourth-order valence-corrected chi connectivity index (χ4v) is 2.57. The van der Waals surface area contributed by atoms with E-state index in [2.05, 4.69) is 24.4 Å². The third-order valence-corrected chi connectivity index (χ3v) is 3.98. The lowest BCUT2D eigenvalue weighted by molar-refractivity contribution is 0.102. The molecule has 23 heavy (non-hydrogen) atoms. The van der Waals surface area contributed by atoms with Crippen LogP contribution in [0.1, 0.15) is 27.6 Å². The molecule has 2 heterocycles. The predicted molar refractivity (Wildman–Crippen MR) is 82.9 cm³/mol. The zero-order valence-electron chi connectivity index (χ0n) is 12.4. The van der Waals surface area contributed by atoms with Crippen LogP contribution in [0.3, 0.4) is 0 Å². The third kappa shape index (κ3) is 3.24. The van der Waals surface area contributed by atoms with Gasteiger partial charge in [0.2, 0.25) is 0 Å². The summed E-state index contributed by atoms with van der Waals surface area (Å²) in [6, 6.07) is 5.67. The van der Waals surface area contributed by atoms with Crippen LogP contribution in [0.25, 0.3) is 0 Å². The van der Waals surface area contributed by atoms with Crippen LogP contribution in [-0.2, 0) is 6.54 Å². The average Bonchev–Trinajstić information content (AvgIpc) is 3.07. The van der Waals surface area contributed by atoms with Crippen LogP contribution in [0, 0.1) is 19.7 Å². The first-order valence-electron chi connectivity index (χ1n) is 6.79. The molecule has 0 aliphatic rings. The van der Waals surface area contributed by atoms with Gasteiger partial charge in [-0.05, 0) is 32.0 Å².